The average molecular weight is 531 g/mol. The highest BCUT2D eigenvalue weighted by Crippen LogP contribution is 2.36. The molecule has 14 heteroatoms. The molecule has 1 aromatic carbocycles. The summed E-state index contributed by atoms with van der Waals surface area (Å²) in [7, 11) is 2.31. The number of benzene rings is 1. The molecule has 2 aliphatic rings. The lowest BCUT2D eigenvalue weighted by atomic mass is 10.1. The minimum Gasteiger partial charge on any atom is -0.497 e. The van der Waals surface area contributed by atoms with E-state index in [1.54, 1.807) is 11.1 Å². The Hall–Kier alpha value is -4.23. The third-order valence-electron chi connectivity index (χ3n) is 6.53. The number of anilines is 1. The molecule has 6 rings (SSSR count). The summed E-state index contributed by atoms with van der Waals surface area (Å²) in [6.07, 6.45) is 0.518. The maximum Gasteiger partial charge on any atom is 0.449 e. The van der Waals surface area contributed by atoms with Crippen molar-refractivity contribution in [3.05, 3.63) is 52.6 Å². The second-order valence-electron chi connectivity index (χ2n) is 9.24. The van der Waals surface area contributed by atoms with Gasteiger partial charge in [0.25, 0.3) is 5.56 Å². The molecule has 38 heavy (non-hydrogen) atoms. The third kappa shape index (κ3) is 4.19. The number of alkyl halides is 3. The van der Waals surface area contributed by atoms with Crippen LogP contribution in [0.25, 0.3) is 22.3 Å². The molecule has 4 aromatic rings. The second-order valence-corrected chi connectivity index (χ2v) is 9.24. The standard InChI is InChI=1S/C24H21F4N7O3/c1-33-21(36)20-19(30-22(33)24(26,27)28)18(16-6-5-13(37-2)7-17(16)25)31-23(32-20)34-9-15(10-34)38-14-8-29-35(11-14)12-3-4-12/h5-8,11-12,15H,3-4,9-10H2,1-2H3. The van der Waals surface area contributed by atoms with E-state index in [-0.39, 0.29) is 34.6 Å². The molecule has 198 valence electrons. The van der Waals surface area contributed by atoms with Crippen LogP contribution >= 0.6 is 0 Å². The van der Waals surface area contributed by atoms with Gasteiger partial charge in [-0.2, -0.15) is 18.3 Å². The number of nitrogens with zero attached hydrogens (tertiary/aromatic N) is 7. The monoisotopic (exact) mass is 531 g/mol. The van der Waals surface area contributed by atoms with Gasteiger partial charge >= 0.3 is 6.18 Å². The van der Waals surface area contributed by atoms with Crippen LogP contribution in [0, 0.1) is 5.82 Å². The topological polar surface area (TPSA) is 100 Å². The smallest absolute Gasteiger partial charge is 0.449 e. The van der Waals surface area contributed by atoms with E-state index < -0.39 is 28.9 Å². The Balaban J connectivity index is 1.38. The Morgan fingerprint density at radius 3 is 2.47 bits per heavy atom. The van der Waals surface area contributed by atoms with Gasteiger partial charge in [-0.1, -0.05) is 0 Å². The molecule has 0 amide bonds. The van der Waals surface area contributed by atoms with Crippen LogP contribution in [0.3, 0.4) is 0 Å². The zero-order valence-corrected chi connectivity index (χ0v) is 20.2. The number of methoxy groups -OCH3 is 1. The summed E-state index contributed by atoms with van der Waals surface area (Å²) in [5, 5.41) is 4.29. The van der Waals surface area contributed by atoms with Crippen LogP contribution in [0.5, 0.6) is 11.5 Å². The van der Waals surface area contributed by atoms with Gasteiger partial charge in [-0.15, -0.1) is 0 Å². The summed E-state index contributed by atoms with van der Waals surface area (Å²) < 4.78 is 69.1. The molecule has 1 aliphatic carbocycles. The highest BCUT2D eigenvalue weighted by atomic mass is 19.4. The first-order valence-corrected chi connectivity index (χ1v) is 11.8. The minimum absolute atomic E-state index is 0.0508. The first-order valence-electron chi connectivity index (χ1n) is 11.8. The van der Waals surface area contributed by atoms with Gasteiger partial charge in [-0.3, -0.25) is 14.0 Å². The Bertz CT molecular complexity index is 1610. The molecular weight excluding hydrogens is 510 g/mol. The van der Waals surface area contributed by atoms with E-state index in [0.29, 0.717) is 29.4 Å². The number of rotatable bonds is 6. The van der Waals surface area contributed by atoms with Crippen LogP contribution < -0.4 is 19.9 Å². The molecule has 2 fully saturated rings. The molecule has 0 spiro atoms. The number of fused-ring (bicyclic) bond motifs is 1. The summed E-state index contributed by atoms with van der Waals surface area (Å²) in [6, 6.07) is 4.24. The summed E-state index contributed by atoms with van der Waals surface area (Å²) in [6.45, 7) is 0.693. The van der Waals surface area contributed by atoms with Gasteiger partial charge in [0.05, 0.1) is 38.6 Å². The predicted octanol–water partition coefficient (Wildman–Crippen LogP) is 3.36. The Morgan fingerprint density at radius 1 is 1.05 bits per heavy atom. The highest BCUT2D eigenvalue weighted by Gasteiger charge is 2.38. The van der Waals surface area contributed by atoms with Crippen LogP contribution in [0.4, 0.5) is 23.5 Å². The van der Waals surface area contributed by atoms with E-state index in [2.05, 4.69) is 20.1 Å². The van der Waals surface area contributed by atoms with Gasteiger partial charge in [-0.05, 0) is 25.0 Å². The summed E-state index contributed by atoms with van der Waals surface area (Å²) in [4.78, 5) is 26.9. The van der Waals surface area contributed by atoms with Crippen LogP contribution in [0.15, 0.2) is 35.4 Å². The first-order chi connectivity index (χ1) is 18.1. The van der Waals surface area contributed by atoms with Crippen molar-refractivity contribution in [2.45, 2.75) is 31.2 Å². The maximum atomic E-state index is 15.0. The molecule has 10 nitrogen and oxygen atoms in total. The van der Waals surface area contributed by atoms with Crippen molar-refractivity contribution in [2.75, 3.05) is 25.1 Å². The SMILES string of the molecule is COc1ccc(-c2nc(N3CC(Oc4cnn(C5CC5)c4)C3)nc3c(=O)n(C)c(C(F)(F)F)nc23)c(F)c1. The second kappa shape index (κ2) is 8.67. The third-order valence-corrected chi connectivity index (χ3v) is 6.53. The fourth-order valence-corrected chi connectivity index (χ4v) is 4.32. The fourth-order valence-electron chi connectivity index (χ4n) is 4.32. The molecule has 0 atom stereocenters. The number of hydrogen-bond donors (Lipinski definition) is 0. The summed E-state index contributed by atoms with van der Waals surface area (Å²) in [5.41, 5.74) is -2.21. The van der Waals surface area contributed by atoms with Crippen LogP contribution in [-0.4, -0.2) is 55.6 Å². The Labute approximate surface area is 212 Å². The van der Waals surface area contributed by atoms with Crippen molar-refractivity contribution in [3.8, 4) is 22.8 Å². The van der Waals surface area contributed by atoms with E-state index in [9.17, 15) is 18.0 Å². The van der Waals surface area contributed by atoms with E-state index in [1.807, 2.05) is 10.9 Å². The van der Waals surface area contributed by atoms with Crippen LogP contribution in [0.2, 0.25) is 0 Å². The molecule has 0 radical (unpaired) electrons. The van der Waals surface area contributed by atoms with E-state index >= 15 is 4.39 Å². The lowest BCUT2D eigenvalue weighted by Crippen LogP contribution is -2.54. The van der Waals surface area contributed by atoms with Crippen molar-refractivity contribution in [1.29, 1.82) is 0 Å². The highest BCUT2D eigenvalue weighted by molar-refractivity contribution is 5.90. The first kappa shape index (κ1) is 24.1. The average Bonchev–Trinajstić information content (AvgIpc) is 3.60. The van der Waals surface area contributed by atoms with Gasteiger partial charge < -0.3 is 14.4 Å². The number of hydrogen-bond acceptors (Lipinski definition) is 8. The molecule has 0 unspecified atom stereocenters. The molecule has 0 bridgehead atoms. The Kier molecular flexibility index (Phi) is 5.50. The molecular formula is C24H21F4N7O3. The zero-order valence-electron chi connectivity index (χ0n) is 20.2. The fraction of sp³-hybridized carbons (Fsp3) is 0.375. The quantitative estimate of drug-likeness (QED) is 0.350. The summed E-state index contributed by atoms with van der Waals surface area (Å²) >= 11 is 0. The normalized spacial score (nSPS) is 16.1. The zero-order chi connectivity index (χ0) is 26.8. The van der Waals surface area contributed by atoms with Gasteiger partial charge in [-0.25, -0.2) is 19.3 Å². The lowest BCUT2D eigenvalue weighted by molar-refractivity contribution is -0.147. The molecule has 4 heterocycles. The van der Waals surface area contributed by atoms with Crippen molar-refractivity contribution in [2.24, 2.45) is 7.05 Å². The lowest BCUT2D eigenvalue weighted by Gasteiger charge is -2.38. The van der Waals surface area contributed by atoms with Gasteiger partial charge in [0, 0.05) is 18.7 Å². The number of halogens is 4. The molecule has 3 aromatic heterocycles. The van der Waals surface area contributed by atoms with Crippen molar-refractivity contribution in [1.82, 2.24) is 29.3 Å². The molecule has 1 aliphatic heterocycles. The predicted molar refractivity (Wildman–Crippen MR) is 127 cm³/mol. The molecule has 1 saturated carbocycles. The van der Waals surface area contributed by atoms with Crippen molar-refractivity contribution >= 4 is 17.0 Å². The molecule has 1 saturated heterocycles. The van der Waals surface area contributed by atoms with Crippen LogP contribution in [-0.2, 0) is 13.2 Å². The van der Waals surface area contributed by atoms with Gasteiger partial charge in [0.15, 0.2) is 11.3 Å². The number of aromatic nitrogens is 6. The summed E-state index contributed by atoms with van der Waals surface area (Å²) in [5.74, 6) is -1.36. The van der Waals surface area contributed by atoms with Crippen LogP contribution in [0.1, 0.15) is 24.7 Å². The van der Waals surface area contributed by atoms with Crippen molar-refractivity contribution < 1.29 is 27.0 Å². The van der Waals surface area contributed by atoms with E-state index in [0.717, 1.165) is 26.0 Å². The number of ether oxygens (including phenoxy) is 2. The van der Waals surface area contributed by atoms with Gasteiger partial charge in [0.2, 0.25) is 11.8 Å². The van der Waals surface area contributed by atoms with E-state index in [4.69, 9.17) is 9.47 Å². The van der Waals surface area contributed by atoms with E-state index in [1.165, 1.54) is 19.2 Å². The van der Waals surface area contributed by atoms with Crippen molar-refractivity contribution in [3.63, 3.8) is 0 Å². The Morgan fingerprint density at radius 2 is 1.82 bits per heavy atom. The maximum absolute atomic E-state index is 15.0. The molecule has 0 N–H and O–H groups in total. The van der Waals surface area contributed by atoms with Gasteiger partial charge in [0.1, 0.15) is 28.9 Å². The minimum atomic E-state index is -4.92. The largest absolute Gasteiger partial charge is 0.497 e.